The second-order valence-electron chi connectivity index (χ2n) is 4.73. The topological polar surface area (TPSA) is 33.1 Å². The van der Waals surface area contributed by atoms with Crippen molar-refractivity contribution in [1.82, 2.24) is 4.98 Å². The lowest BCUT2D eigenvalue weighted by atomic mass is 9.99. The Morgan fingerprint density at radius 2 is 1.75 bits per heavy atom. The zero-order valence-corrected chi connectivity index (χ0v) is 11.6. The van der Waals surface area contributed by atoms with Gasteiger partial charge in [-0.1, -0.05) is 48.0 Å². The van der Waals surface area contributed by atoms with Crippen LogP contribution in [-0.4, -0.2) is 10.1 Å². The van der Waals surface area contributed by atoms with Crippen LogP contribution in [0.3, 0.4) is 0 Å². The third-order valence-corrected chi connectivity index (χ3v) is 3.76. The summed E-state index contributed by atoms with van der Waals surface area (Å²) in [4.78, 5) is 4.33. The van der Waals surface area contributed by atoms with Gasteiger partial charge in [0.1, 0.15) is 0 Å². The number of aliphatic hydroxyl groups is 1. The minimum Gasteiger partial charge on any atom is -0.388 e. The fraction of sp³-hybridized carbons (Fsp3) is 0.118. The van der Waals surface area contributed by atoms with E-state index < -0.39 is 6.10 Å². The molecule has 2 aromatic carbocycles. The molecular formula is C17H14ClNO. The molecule has 20 heavy (non-hydrogen) atoms. The Morgan fingerprint density at radius 1 is 1.00 bits per heavy atom. The maximum Gasteiger partial charge on any atom is 0.0844 e. The molecule has 0 saturated carbocycles. The van der Waals surface area contributed by atoms with Crippen molar-refractivity contribution in [2.45, 2.75) is 12.5 Å². The van der Waals surface area contributed by atoms with Gasteiger partial charge in [-0.15, -0.1) is 0 Å². The molecule has 1 N–H and O–H groups in total. The maximum absolute atomic E-state index is 10.4. The van der Waals surface area contributed by atoms with Crippen LogP contribution >= 0.6 is 11.6 Å². The van der Waals surface area contributed by atoms with Crippen molar-refractivity contribution in [3.05, 3.63) is 76.9 Å². The van der Waals surface area contributed by atoms with Crippen LogP contribution in [0.5, 0.6) is 0 Å². The molecule has 0 spiro atoms. The van der Waals surface area contributed by atoms with Gasteiger partial charge in [0.2, 0.25) is 0 Å². The van der Waals surface area contributed by atoms with E-state index in [1.807, 2.05) is 48.5 Å². The summed E-state index contributed by atoms with van der Waals surface area (Å²) in [6.07, 6.45) is 1.68. The number of halogens is 1. The summed E-state index contributed by atoms with van der Waals surface area (Å²) in [6.45, 7) is 0. The normalized spacial score (nSPS) is 12.5. The molecule has 0 amide bonds. The fourth-order valence-corrected chi connectivity index (χ4v) is 2.66. The van der Waals surface area contributed by atoms with Gasteiger partial charge in [-0.05, 0) is 29.3 Å². The monoisotopic (exact) mass is 283 g/mol. The molecule has 3 rings (SSSR count). The second-order valence-corrected chi connectivity index (χ2v) is 5.14. The van der Waals surface area contributed by atoms with Crippen molar-refractivity contribution in [2.24, 2.45) is 0 Å². The molecule has 1 aromatic heterocycles. The third-order valence-electron chi connectivity index (χ3n) is 3.42. The SMILES string of the molecule is OC(Cc1ccnc2ccccc12)c1ccccc1Cl. The Kier molecular flexibility index (Phi) is 3.68. The van der Waals surface area contributed by atoms with Gasteiger partial charge in [-0.2, -0.15) is 0 Å². The summed E-state index contributed by atoms with van der Waals surface area (Å²) >= 11 is 6.13. The highest BCUT2D eigenvalue weighted by molar-refractivity contribution is 6.31. The minimum absolute atomic E-state index is 0.521. The van der Waals surface area contributed by atoms with Gasteiger partial charge in [-0.25, -0.2) is 0 Å². The van der Waals surface area contributed by atoms with Gasteiger partial charge in [-0.3, -0.25) is 4.98 Å². The smallest absolute Gasteiger partial charge is 0.0844 e. The first-order valence-electron chi connectivity index (χ1n) is 6.51. The highest BCUT2D eigenvalue weighted by atomic mass is 35.5. The number of rotatable bonds is 3. The molecule has 1 unspecified atom stereocenters. The first-order valence-corrected chi connectivity index (χ1v) is 6.88. The highest BCUT2D eigenvalue weighted by Crippen LogP contribution is 2.27. The summed E-state index contributed by atoms with van der Waals surface area (Å²) in [5.74, 6) is 0. The van der Waals surface area contributed by atoms with Crippen LogP contribution in [0.2, 0.25) is 5.02 Å². The van der Waals surface area contributed by atoms with E-state index in [9.17, 15) is 5.11 Å². The van der Waals surface area contributed by atoms with Gasteiger partial charge in [0.05, 0.1) is 11.6 Å². The Bertz CT molecular complexity index is 736. The molecule has 3 heteroatoms. The molecule has 1 heterocycles. The van der Waals surface area contributed by atoms with Gasteiger partial charge in [0.25, 0.3) is 0 Å². The zero-order valence-electron chi connectivity index (χ0n) is 10.8. The number of hydrogen-bond acceptors (Lipinski definition) is 2. The van der Waals surface area contributed by atoms with Crippen molar-refractivity contribution in [3.8, 4) is 0 Å². The van der Waals surface area contributed by atoms with E-state index in [1.54, 1.807) is 12.3 Å². The first kappa shape index (κ1) is 13.1. The lowest BCUT2D eigenvalue weighted by Gasteiger charge is -2.14. The van der Waals surface area contributed by atoms with Gasteiger partial charge < -0.3 is 5.11 Å². The Morgan fingerprint density at radius 3 is 2.60 bits per heavy atom. The Hall–Kier alpha value is -1.90. The molecule has 1 atom stereocenters. The minimum atomic E-state index is -0.616. The van der Waals surface area contributed by atoms with Crippen LogP contribution in [0.25, 0.3) is 10.9 Å². The van der Waals surface area contributed by atoms with E-state index in [1.165, 1.54) is 0 Å². The number of para-hydroxylation sites is 1. The molecule has 0 saturated heterocycles. The Labute approximate surface area is 122 Å². The van der Waals surface area contributed by atoms with Crippen LogP contribution in [0.15, 0.2) is 60.8 Å². The summed E-state index contributed by atoms with van der Waals surface area (Å²) < 4.78 is 0. The molecule has 3 aromatic rings. The average molecular weight is 284 g/mol. The lowest BCUT2D eigenvalue weighted by molar-refractivity contribution is 0.179. The predicted octanol–water partition coefficient (Wildman–Crippen LogP) is 4.16. The molecule has 0 bridgehead atoms. The van der Waals surface area contributed by atoms with E-state index >= 15 is 0 Å². The van der Waals surface area contributed by atoms with Crippen LogP contribution in [0.4, 0.5) is 0 Å². The lowest BCUT2D eigenvalue weighted by Crippen LogP contribution is -2.03. The summed E-state index contributed by atoms with van der Waals surface area (Å²) in [6, 6.07) is 17.3. The molecule has 0 radical (unpaired) electrons. The standard InChI is InChI=1S/C17H14ClNO/c18-15-7-3-1-6-14(15)17(20)11-12-9-10-19-16-8-4-2-5-13(12)16/h1-10,17,20H,11H2. The molecule has 0 aliphatic heterocycles. The zero-order chi connectivity index (χ0) is 13.9. The molecule has 0 aliphatic carbocycles. The first-order chi connectivity index (χ1) is 9.75. The number of pyridine rings is 1. The predicted molar refractivity (Wildman–Crippen MR) is 81.9 cm³/mol. The van der Waals surface area contributed by atoms with Crippen molar-refractivity contribution in [2.75, 3.05) is 0 Å². The molecular weight excluding hydrogens is 270 g/mol. The third kappa shape index (κ3) is 2.53. The number of hydrogen-bond donors (Lipinski definition) is 1. The summed E-state index contributed by atoms with van der Waals surface area (Å²) in [5.41, 5.74) is 2.77. The van der Waals surface area contributed by atoms with E-state index in [-0.39, 0.29) is 0 Å². The molecule has 0 aliphatic rings. The maximum atomic E-state index is 10.4. The summed E-state index contributed by atoms with van der Waals surface area (Å²) in [7, 11) is 0. The molecule has 0 fully saturated rings. The van der Waals surface area contributed by atoms with Crippen LogP contribution < -0.4 is 0 Å². The average Bonchev–Trinajstić information content (AvgIpc) is 2.48. The van der Waals surface area contributed by atoms with Gasteiger partial charge in [0.15, 0.2) is 0 Å². The van der Waals surface area contributed by atoms with Crippen molar-refractivity contribution in [1.29, 1.82) is 0 Å². The second kappa shape index (κ2) is 5.61. The quantitative estimate of drug-likeness (QED) is 0.783. The van der Waals surface area contributed by atoms with Crippen LogP contribution in [0, 0.1) is 0 Å². The molecule has 100 valence electrons. The van der Waals surface area contributed by atoms with Gasteiger partial charge in [0, 0.05) is 23.0 Å². The van der Waals surface area contributed by atoms with Crippen molar-refractivity contribution in [3.63, 3.8) is 0 Å². The van der Waals surface area contributed by atoms with E-state index in [0.717, 1.165) is 22.0 Å². The van der Waals surface area contributed by atoms with Crippen LogP contribution in [-0.2, 0) is 6.42 Å². The number of benzene rings is 2. The number of aliphatic hydroxyl groups excluding tert-OH is 1. The van der Waals surface area contributed by atoms with E-state index in [2.05, 4.69) is 4.98 Å². The van der Waals surface area contributed by atoms with Gasteiger partial charge >= 0.3 is 0 Å². The van der Waals surface area contributed by atoms with E-state index in [0.29, 0.717) is 11.4 Å². The van der Waals surface area contributed by atoms with Crippen molar-refractivity contribution >= 4 is 22.5 Å². The summed E-state index contributed by atoms with van der Waals surface area (Å²) in [5, 5.41) is 12.1. The highest BCUT2D eigenvalue weighted by Gasteiger charge is 2.13. The fourth-order valence-electron chi connectivity index (χ4n) is 2.40. The van der Waals surface area contributed by atoms with Crippen LogP contribution in [0.1, 0.15) is 17.2 Å². The largest absolute Gasteiger partial charge is 0.388 e. The number of fused-ring (bicyclic) bond motifs is 1. The van der Waals surface area contributed by atoms with Crippen molar-refractivity contribution < 1.29 is 5.11 Å². The number of aromatic nitrogens is 1. The Balaban J connectivity index is 1.96. The number of nitrogens with zero attached hydrogens (tertiary/aromatic N) is 1. The van der Waals surface area contributed by atoms with E-state index in [4.69, 9.17) is 11.6 Å². The molecule has 2 nitrogen and oxygen atoms in total.